The number of hydrogen-bond acceptors (Lipinski definition) is 1. The molecule has 0 fully saturated rings. The summed E-state index contributed by atoms with van der Waals surface area (Å²) >= 11 is 11.9. The van der Waals surface area contributed by atoms with Crippen LogP contribution in [0.25, 0.3) is 0 Å². The first-order valence-electron chi connectivity index (χ1n) is 6.63. The topological polar surface area (TPSA) is 33.0 Å². The molecule has 0 aliphatic carbocycles. The first kappa shape index (κ1) is 15.8. The van der Waals surface area contributed by atoms with Crippen LogP contribution in [0.1, 0.15) is 24.2 Å². The quantitative estimate of drug-likeness (QED) is 0.847. The van der Waals surface area contributed by atoms with Gasteiger partial charge in [0.15, 0.2) is 11.9 Å². The van der Waals surface area contributed by atoms with Crippen molar-refractivity contribution in [2.24, 2.45) is 0 Å². The monoisotopic (exact) mass is 323 g/mol. The van der Waals surface area contributed by atoms with Gasteiger partial charge in [0.05, 0.1) is 0 Å². The minimum absolute atomic E-state index is 0.118. The van der Waals surface area contributed by atoms with Gasteiger partial charge in [0.25, 0.3) is 5.91 Å². The zero-order valence-corrected chi connectivity index (χ0v) is 13.7. The van der Waals surface area contributed by atoms with E-state index in [0.717, 1.165) is 11.3 Å². The van der Waals surface area contributed by atoms with Crippen molar-refractivity contribution < 1.29 is 9.36 Å². The van der Waals surface area contributed by atoms with Crippen molar-refractivity contribution in [3.63, 3.8) is 0 Å². The van der Waals surface area contributed by atoms with Gasteiger partial charge < -0.3 is 5.32 Å². The molecule has 1 N–H and O–H groups in total. The summed E-state index contributed by atoms with van der Waals surface area (Å²) in [5, 5.41) is 3.82. The van der Waals surface area contributed by atoms with E-state index in [1.165, 1.54) is 0 Å². The van der Waals surface area contributed by atoms with Gasteiger partial charge in [-0.05, 0) is 31.2 Å². The third-order valence-electron chi connectivity index (χ3n) is 3.48. The van der Waals surface area contributed by atoms with Crippen LogP contribution in [-0.4, -0.2) is 5.91 Å². The van der Waals surface area contributed by atoms with Gasteiger partial charge in [-0.15, -0.1) is 0 Å². The molecule has 110 valence electrons. The molecule has 0 spiro atoms. The van der Waals surface area contributed by atoms with Crippen molar-refractivity contribution in [1.29, 1.82) is 0 Å². The average molecular weight is 324 g/mol. The third-order valence-corrected chi connectivity index (χ3v) is 3.91. The van der Waals surface area contributed by atoms with Crippen LogP contribution in [0.5, 0.6) is 0 Å². The fraction of sp³-hybridized carbons (Fsp3) is 0.250. The van der Waals surface area contributed by atoms with Crippen molar-refractivity contribution in [3.05, 3.63) is 57.8 Å². The highest BCUT2D eigenvalue weighted by molar-refractivity contribution is 6.35. The van der Waals surface area contributed by atoms with Crippen molar-refractivity contribution >= 4 is 34.8 Å². The summed E-state index contributed by atoms with van der Waals surface area (Å²) in [7, 11) is 0. The summed E-state index contributed by atoms with van der Waals surface area (Å²) in [5.41, 5.74) is 2.79. The Morgan fingerprint density at radius 3 is 2.43 bits per heavy atom. The lowest BCUT2D eigenvalue weighted by Crippen LogP contribution is -2.47. The number of carbonyl (C=O) groups is 1. The maximum absolute atomic E-state index is 12.4. The number of benzene rings is 1. The van der Waals surface area contributed by atoms with Crippen LogP contribution < -0.4 is 9.88 Å². The molecule has 1 atom stereocenters. The Kier molecular flexibility index (Phi) is 4.86. The molecule has 0 radical (unpaired) electrons. The highest BCUT2D eigenvalue weighted by Gasteiger charge is 2.24. The third kappa shape index (κ3) is 3.74. The second kappa shape index (κ2) is 6.46. The molecular formula is C16H17Cl2N2O+. The molecule has 0 aliphatic rings. The molecule has 1 aromatic carbocycles. The molecule has 21 heavy (non-hydrogen) atoms. The van der Waals surface area contributed by atoms with Crippen molar-refractivity contribution in [2.75, 3.05) is 5.32 Å². The number of nitrogens with one attached hydrogen (secondary N) is 1. The SMILES string of the molecule is Cc1ccc[n+]([C@@H](C)C(=O)Nc2cc(Cl)cc(Cl)c2)c1C. The lowest BCUT2D eigenvalue weighted by atomic mass is 10.2. The van der Waals surface area contributed by atoms with Crippen molar-refractivity contribution in [3.8, 4) is 0 Å². The Morgan fingerprint density at radius 2 is 1.81 bits per heavy atom. The number of anilines is 1. The first-order valence-corrected chi connectivity index (χ1v) is 7.38. The van der Waals surface area contributed by atoms with E-state index in [0.29, 0.717) is 15.7 Å². The predicted molar refractivity (Wildman–Crippen MR) is 85.9 cm³/mol. The average Bonchev–Trinajstić information content (AvgIpc) is 2.40. The molecule has 0 saturated heterocycles. The van der Waals surface area contributed by atoms with E-state index < -0.39 is 0 Å². The molecule has 1 heterocycles. The van der Waals surface area contributed by atoms with Gasteiger partial charge in [0.2, 0.25) is 6.04 Å². The number of carbonyl (C=O) groups excluding carboxylic acids is 1. The van der Waals surface area contributed by atoms with Gasteiger partial charge in [-0.3, -0.25) is 4.79 Å². The minimum atomic E-state index is -0.331. The van der Waals surface area contributed by atoms with Gasteiger partial charge in [-0.2, -0.15) is 4.57 Å². The zero-order valence-electron chi connectivity index (χ0n) is 12.2. The minimum Gasteiger partial charge on any atom is -0.320 e. The molecule has 3 nitrogen and oxygen atoms in total. The summed E-state index contributed by atoms with van der Waals surface area (Å²) in [4.78, 5) is 12.4. The number of rotatable bonds is 3. The van der Waals surface area contributed by atoms with Gasteiger partial charge in [-0.1, -0.05) is 23.2 Å². The molecule has 0 bridgehead atoms. The second-order valence-electron chi connectivity index (χ2n) is 5.01. The van der Waals surface area contributed by atoms with Gasteiger partial charge >= 0.3 is 0 Å². The highest BCUT2D eigenvalue weighted by atomic mass is 35.5. The molecule has 0 unspecified atom stereocenters. The molecule has 2 rings (SSSR count). The molecular weight excluding hydrogens is 307 g/mol. The number of pyridine rings is 1. The maximum atomic E-state index is 12.4. The molecule has 0 aliphatic heterocycles. The van der Waals surface area contributed by atoms with Crippen molar-refractivity contribution in [2.45, 2.75) is 26.8 Å². The maximum Gasteiger partial charge on any atom is 0.293 e. The van der Waals surface area contributed by atoms with Gasteiger partial charge in [0.1, 0.15) is 0 Å². The second-order valence-corrected chi connectivity index (χ2v) is 5.88. The van der Waals surface area contributed by atoms with Crippen molar-refractivity contribution in [1.82, 2.24) is 0 Å². The Morgan fingerprint density at radius 1 is 1.19 bits per heavy atom. The van der Waals surface area contributed by atoms with Crippen LogP contribution in [0.2, 0.25) is 10.0 Å². The van der Waals surface area contributed by atoms with Gasteiger partial charge in [-0.25, -0.2) is 0 Å². The van der Waals surface area contributed by atoms with Crippen LogP contribution >= 0.6 is 23.2 Å². The van der Waals surface area contributed by atoms with E-state index in [2.05, 4.69) is 5.32 Å². The summed E-state index contributed by atoms with van der Waals surface area (Å²) in [6, 6.07) is 8.59. The Hall–Kier alpha value is -1.58. The molecule has 2 aromatic rings. The number of nitrogens with zero attached hydrogens (tertiary/aromatic N) is 1. The van der Waals surface area contributed by atoms with Gasteiger partial charge in [0, 0.05) is 41.2 Å². The Bertz CT molecular complexity index is 666. The lowest BCUT2D eigenvalue weighted by Gasteiger charge is -2.11. The van der Waals surface area contributed by atoms with Crippen LogP contribution in [-0.2, 0) is 4.79 Å². The number of hydrogen-bond donors (Lipinski definition) is 1. The fourth-order valence-electron chi connectivity index (χ4n) is 2.13. The van der Waals surface area contributed by atoms with Crippen LogP contribution in [0.4, 0.5) is 5.69 Å². The predicted octanol–water partition coefficient (Wildman–Crippen LogP) is 4.10. The fourth-order valence-corrected chi connectivity index (χ4v) is 2.66. The van der Waals surface area contributed by atoms with Crippen LogP contribution in [0.15, 0.2) is 36.5 Å². The number of aromatic nitrogens is 1. The zero-order chi connectivity index (χ0) is 15.6. The van der Waals surface area contributed by atoms with E-state index in [4.69, 9.17) is 23.2 Å². The lowest BCUT2D eigenvalue weighted by molar-refractivity contribution is -0.711. The first-order chi connectivity index (χ1) is 9.88. The summed E-state index contributed by atoms with van der Waals surface area (Å²) < 4.78 is 1.94. The highest BCUT2D eigenvalue weighted by Crippen LogP contribution is 2.22. The van der Waals surface area contributed by atoms with E-state index in [-0.39, 0.29) is 11.9 Å². The van der Waals surface area contributed by atoms with E-state index >= 15 is 0 Å². The van der Waals surface area contributed by atoms with E-state index in [1.807, 2.05) is 43.7 Å². The van der Waals surface area contributed by atoms with E-state index in [1.54, 1.807) is 18.2 Å². The largest absolute Gasteiger partial charge is 0.320 e. The summed E-state index contributed by atoms with van der Waals surface area (Å²) in [5.74, 6) is -0.118. The molecule has 0 saturated carbocycles. The number of halogens is 2. The summed E-state index contributed by atoms with van der Waals surface area (Å²) in [6.07, 6.45) is 1.90. The molecule has 1 amide bonds. The van der Waals surface area contributed by atoms with Crippen LogP contribution in [0.3, 0.4) is 0 Å². The summed E-state index contributed by atoms with van der Waals surface area (Å²) in [6.45, 7) is 5.87. The smallest absolute Gasteiger partial charge is 0.293 e. The van der Waals surface area contributed by atoms with Crippen LogP contribution in [0, 0.1) is 13.8 Å². The Balaban J connectivity index is 2.21. The Labute approximate surface area is 134 Å². The normalized spacial score (nSPS) is 12.0. The standard InChI is InChI=1S/C16H16Cl2N2O/c1-10-5-4-6-20(11(10)2)12(3)16(21)19-15-8-13(17)7-14(18)9-15/h4-9,12H,1-3H3/p+1/t12-/m0/s1. The molecule has 1 aromatic heterocycles. The number of amides is 1. The number of aryl methyl sites for hydroxylation is 1. The molecule has 5 heteroatoms. The van der Waals surface area contributed by atoms with E-state index in [9.17, 15) is 4.79 Å².